The van der Waals surface area contributed by atoms with Crippen LogP contribution < -0.4 is 10.2 Å². The number of phenolic OH excluding ortho intramolecular Hbond substituents is 1. The number of anilines is 1. The van der Waals surface area contributed by atoms with E-state index in [1.807, 2.05) is 24.3 Å². The zero-order valence-electron chi connectivity index (χ0n) is 18.4. The summed E-state index contributed by atoms with van der Waals surface area (Å²) in [6.07, 6.45) is 3.67. The summed E-state index contributed by atoms with van der Waals surface area (Å²) in [6, 6.07) is 12.4. The zero-order chi connectivity index (χ0) is 23.8. The molecule has 5 nitrogen and oxygen atoms in total. The van der Waals surface area contributed by atoms with Crippen LogP contribution in [0.1, 0.15) is 19.3 Å². The molecule has 0 bridgehead atoms. The van der Waals surface area contributed by atoms with E-state index >= 15 is 4.39 Å². The van der Waals surface area contributed by atoms with Crippen molar-refractivity contribution in [1.29, 1.82) is 0 Å². The first-order valence-corrected chi connectivity index (χ1v) is 12.3. The van der Waals surface area contributed by atoms with Crippen LogP contribution in [0.25, 0.3) is 32.8 Å². The predicted molar refractivity (Wildman–Crippen MR) is 137 cm³/mol. The van der Waals surface area contributed by atoms with E-state index in [2.05, 4.69) is 21.2 Å². The number of amides is 1. The molecule has 1 aliphatic rings. The van der Waals surface area contributed by atoms with Crippen molar-refractivity contribution in [2.24, 2.45) is 0 Å². The molecule has 1 atom stereocenters. The Morgan fingerprint density at radius 3 is 2.97 bits per heavy atom. The second-order valence-corrected chi connectivity index (χ2v) is 9.65. The van der Waals surface area contributed by atoms with Gasteiger partial charge in [0, 0.05) is 36.5 Å². The summed E-state index contributed by atoms with van der Waals surface area (Å²) in [5.41, 5.74) is 1.01. The lowest BCUT2D eigenvalue weighted by molar-refractivity contribution is -0.121. The van der Waals surface area contributed by atoms with Crippen LogP contribution in [-0.2, 0) is 4.79 Å². The van der Waals surface area contributed by atoms with E-state index in [0.29, 0.717) is 17.5 Å². The molecule has 8 heteroatoms. The Morgan fingerprint density at radius 2 is 2.15 bits per heavy atom. The van der Waals surface area contributed by atoms with Gasteiger partial charge >= 0.3 is 0 Å². The van der Waals surface area contributed by atoms with Crippen molar-refractivity contribution in [3.8, 4) is 16.9 Å². The Morgan fingerprint density at radius 1 is 1.32 bits per heavy atom. The third-order valence-electron chi connectivity index (χ3n) is 6.17. The number of phenols is 1. The third kappa shape index (κ3) is 4.10. The second kappa shape index (κ2) is 9.24. The lowest BCUT2D eigenvalue weighted by Gasteiger charge is -2.33. The maximum Gasteiger partial charge on any atom is 0.224 e. The quantitative estimate of drug-likeness (QED) is 0.320. The van der Waals surface area contributed by atoms with Crippen LogP contribution in [0.15, 0.2) is 55.1 Å². The molecule has 1 amide bonds. The number of carbonyl (C=O) groups excluding carboxylic acids is 1. The molecular weight excluding hydrogens is 473 g/mol. The monoisotopic (exact) mass is 495 g/mol. The molecule has 34 heavy (non-hydrogen) atoms. The van der Waals surface area contributed by atoms with Gasteiger partial charge in [0.1, 0.15) is 16.3 Å². The third-order valence-corrected chi connectivity index (χ3v) is 7.39. The Labute approximate surface area is 205 Å². The molecule has 1 aliphatic heterocycles. The van der Waals surface area contributed by atoms with Crippen LogP contribution in [0.3, 0.4) is 0 Å². The maximum absolute atomic E-state index is 15.9. The number of nitrogens with zero attached hydrogens (tertiary/aromatic N) is 2. The van der Waals surface area contributed by atoms with Crippen LogP contribution in [0.4, 0.5) is 9.39 Å². The number of fused-ring (bicyclic) bond motifs is 2. The summed E-state index contributed by atoms with van der Waals surface area (Å²) in [4.78, 5) is 14.1. The highest BCUT2D eigenvalue weighted by Crippen LogP contribution is 2.44. The van der Waals surface area contributed by atoms with Crippen molar-refractivity contribution in [3.63, 3.8) is 0 Å². The largest absolute Gasteiger partial charge is 0.508 e. The predicted octanol–water partition coefficient (Wildman–Crippen LogP) is 6.28. The standard InChI is InChI=1S/C26H23ClFN3O2S/c1-2-6-22(33)29-16-8-5-10-31(14-16)26-20-13-21(27)23(24(28)25(20)30-34-26)19-12-17(32)11-15-7-3-4-9-18(15)19/h2-4,7,9,11-13,16,32H,1,5-6,8,10,14H2,(H,29,33)/t16-/m1/s1. The van der Waals surface area contributed by atoms with Gasteiger partial charge in [0.2, 0.25) is 5.91 Å². The van der Waals surface area contributed by atoms with Gasteiger partial charge in [0.25, 0.3) is 0 Å². The van der Waals surface area contributed by atoms with Crippen molar-refractivity contribution in [2.45, 2.75) is 25.3 Å². The van der Waals surface area contributed by atoms with E-state index in [-0.39, 0.29) is 40.2 Å². The average Bonchev–Trinajstić information content (AvgIpc) is 3.23. The van der Waals surface area contributed by atoms with E-state index in [0.717, 1.165) is 35.2 Å². The molecule has 0 aliphatic carbocycles. The summed E-state index contributed by atoms with van der Waals surface area (Å²) in [6.45, 7) is 5.03. The van der Waals surface area contributed by atoms with Crippen LogP contribution >= 0.6 is 23.1 Å². The highest BCUT2D eigenvalue weighted by Gasteiger charge is 2.27. The minimum absolute atomic E-state index is 0.0107. The van der Waals surface area contributed by atoms with Crippen molar-refractivity contribution in [3.05, 3.63) is 66.0 Å². The van der Waals surface area contributed by atoms with Crippen molar-refractivity contribution in [1.82, 2.24) is 9.69 Å². The second-order valence-electron chi connectivity index (χ2n) is 8.49. The fourth-order valence-corrected chi connectivity index (χ4v) is 5.86. The summed E-state index contributed by atoms with van der Waals surface area (Å²) in [5, 5.41) is 16.6. The first-order valence-electron chi connectivity index (χ1n) is 11.1. The lowest BCUT2D eigenvalue weighted by atomic mass is 9.96. The molecule has 0 radical (unpaired) electrons. The number of rotatable bonds is 5. The number of benzene rings is 3. The van der Waals surface area contributed by atoms with E-state index in [4.69, 9.17) is 11.6 Å². The number of piperidine rings is 1. The van der Waals surface area contributed by atoms with Crippen molar-refractivity contribution >= 4 is 55.7 Å². The highest BCUT2D eigenvalue weighted by atomic mass is 35.5. The van der Waals surface area contributed by atoms with Gasteiger partial charge in [-0.25, -0.2) is 4.39 Å². The first kappa shape index (κ1) is 22.6. The smallest absolute Gasteiger partial charge is 0.224 e. The maximum atomic E-state index is 15.9. The van der Waals surface area contributed by atoms with Gasteiger partial charge < -0.3 is 15.3 Å². The number of hydrogen-bond acceptors (Lipinski definition) is 5. The molecule has 1 saturated heterocycles. The van der Waals surface area contributed by atoms with Gasteiger partial charge in [-0.2, -0.15) is 4.37 Å². The lowest BCUT2D eigenvalue weighted by Crippen LogP contribution is -2.47. The van der Waals surface area contributed by atoms with Crippen LogP contribution in [0, 0.1) is 5.82 Å². The van der Waals surface area contributed by atoms with Crippen LogP contribution in [0.2, 0.25) is 5.02 Å². The highest BCUT2D eigenvalue weighted by molar-refractivity contribution is 7.11. The molecule has 0 saturated carbocycles. The fraction of sp³-hybridized carbons (Fsp3) is 0.231. The van der Waals surface area contributed by atoms with Gasteiger partial charge in [-0.3, -0.25) is 4.79 Å². The minimum Gasteiger partial charge on any atom is -0.508 e. The molecule has 1 fully saturated rings. The van der Waals surface area contributed by atoms with Gasteiger partial charge in [0.05, 0.1) is 5.02 Å². The summed E-state index contributed by atoms with van der Waals surface area (Å²) < 4.78 is 20.3. The number of carbonyl (C=O) groups is 1. The number of aromatic hydroxyl groups is 1. The Kier molecular flexibility index (Phi) is 6.15. The molecule has 0 spiro atoms. The van der Waals surface area contributed by atoms with Gasteiger partial charge in [0.15, 0.2) is 5.82 Å². The molecule has 0 unspecified atom stereocenters. The number of nitrogens with one attached hydrogen (secondary N) is 1. The molecule has 2 heterocycles. The number of hydrogen-bond donors (Lipinski definition) is 2. The molecule has 174 valence electrons. The Bertz CT molecular complexity index is 1420. The molecule has 1 aromatic heterocycles. The van der Waals surface area contributed by atoms with Crippen LogP contribution in [-0.4, -0.2) is 34.5 Å². The molecule has 4 aromatic rings. The number of aromatic nitrogens is 1. The van der Waals surface area contributed by atoms with Crippen molar-refractivity contribution < 1.29 is 14.3 Å². The van der Waals surface area contributed by atoms with Gasteiger partial charge in [-0.15, -0.1) is 6.58 Å². The van der Waals surface area contributed by atoms with Gasteiger partial charge in [-0.05, 0) is 58.9 Å². The van der Waals surface area contributed by atoms with Gasteiger partial charge in [-0.1, -0.05) is 41.9 Å². The molecular formula is C26H23ClFN3O2S. The molecule has 5 rings (SSSR count). The SMILES string of the molecule is C=CCC(=O)N[C@@H]1CCCN(c2snc3c(F)c(-c4cc(O)cc5ccccc45)c(Cl)cc23)C1. The normalized spacial score (nSPS) is 16.2. The summed E-state index contributed by atoms with van der Waals surface area (Å²) in [7, 11) is 0. The molecule has 2 N–H and O–H groups in total. The topological polar surface area (TPSA) is 65.5 Å². The van der Waals surface area contributed by atoms with E-state index < -0.39 is 5.82 Å². The number of halogens is 2. The Balaban J connectivity index is 1.55. The Hall–Kier alpha value is -3.16. The van der Waals surface area contributed by atoms with Crippen molar-refractivity contribution in [2.75, 3.05) is 18.0 Å². The summed E-state index contributed by atoms with van der Waals surface area (Å²) in [5.74, 6) is -0.511. The average molecular weight is 496 g/mol. The van der Waals surface area contributed by atoms with Crippen LogP contribution in [0.5, 0.6) is 5.75 Å². The van der Waals surface area contributed by atoms with E-state index in [1.54, 1.807) is 18.2 Å². The summed E-state index contributed by atoms with van der Waals surface area (Å²) >= 11 is 7.90. The zero-order valence-corrected chi connectivity index (χ0v) is 19.9. The minimum atomic E-state index is -0.506. The first-order chi connectivity index (χ1) is 16.5. The fourth-order valence-electron chi connectivity index (χ4n) is 4.67. The van der Waals surface area contributed by atoms with E-state index in [9.17, 15) is 9.90 Å². The van der Waals surface area contributed by atoms with E-state index in [1.165, 1.54) is 17.6 Å². The molecule has 3 aromatic carbocycles.